The van der Waals surface area contributed by atoms with E-state index < -0.39 is 7.14 Å². The van der Waals surface area contributed by atoms with Gasteiger partial charge in [0.05, 0.1) is 19.8 Å². The second-order valence-corrected chi connectivity index (χ2v) is 12.2. The molecular formula is C26H35O3P. The predicted molar refractivity (Wildman–Crippen MR) is 126 cm³/mol. The van der Waals surface area contributed by atoms with Crippen molar-refractivity contribution in [3.05, 3.63) is 42.5 Å². The molecule has 0 bridgehead atoms. The molecule has 2 aliphatic rings. The molecule has 2 fully saturated rings. The molecule has 4 rings (SSSR count). The van der Waals surface area contributed by atoms with Crippen LogP contribution in [0.25, 0.3) is 11.1 Å². The lowest BCUT2D eigenvalue weighted by molar-refractivity contribution is 0.397. The Balaban J connectivity index is 1.91. The molecule has 0 atom stereocenters. The summed E-state index contributed by atoms with van der Waals surface area (Å²) >= 11 is 0. The largest absolute Gasteiger partial charge is 0.496 e. The Hall–Kier alpha value is -1.73. The van der Waals surface area contributed by atoms with E-state index in [1.54, 1.807) is 14.2 Å². The zero-order valence-electron chi connectivity index (χ0n) is 18.4. The smallest absolute Gasteiger partial charge is 0.130 e. The average molecular weight is 427 g/mol. The normalized spacial score (nSPS) is 18.9. The highest BCUT2D eigenvalue weighted by molar-refractivity contribution is 7.73. The zero-order chi connectivity index (χ0) is 21.0. The highest BCUT2D eigenvalue weighted by atomic mass is 31.2. The standard InChI is InChI=1S/C26H35O3P/c1-28-23-17-11-18-24(29-2)26(23)22-16-9-10-19-25(22)30(27,20-12-5-3-6-13-20)21-14-7-4-8-15-21/h9-11,16-21H,3-8,12-15H2,1-2H3. The summed E-state index contributed by atoms with van der Waals surface area (Å²) in [6.45, 7) is 0. The van der Waals surface area contributed by atoms with E-state index in [1.165, 1.54) is 38.5 Å². The van der Waals surface area contributed by atoms with E-state index in [9.17, 15) is 0 Å². The van der Waals surface area contributed by atoms with Crippen molar-refractivity contribution < 1.29 is 14.0 Å². The molecule has 0 heterocycles. The van der Waals surface area contributed by atoms with Crippen LogP contribution >= 0.6 is 7.14 Å². The lowest BCUT2D eigenvalue weighted by Gasteiger charge is -2.39. The van der Waals surface area contributed by atoms with Crippen LogP contribution in [-0.4, -0.2) is 25.5 Å². The number of rotatable bonds is 6. The van der Waals surface area contributed by atoms with E-state index in [2.05, 4.69) is 24.3 Å². The predicted octanol–water partition coefficient (Wildman–Crippen LogP) is 7.02. The van der Waals surface area contributed by atoms with Gasteiger partial charge < -0.3 is 14.0 Å². The highest BCUT2D eigenvalue weighted by Crippen LogP contribution is 2.63. The van der Waals surface area contributed by atoms with E-state index in [4.69, 9.17) is 9.47 Å². The molecule has 4 heteroatoms. The van der Waals surface area contributed by atoms with Gasteiger partial charge in [-0.1, -0.05) is 68.9 Å². The molecule has 30 heavy (non-hydrogen) atoms. The lowest BCUT2D eigenvalue weighted by Crippen LogP contribution is -2.30. The van der Waals surface area contributed by atoms with Crippen LogP contribution in [0.15, 0.2) is 42.5 Å². The summed E-state index contributed by atoms with van der Waals surface area (Å²) in [4.78, 5) is 0. The molecule has 0 unspecified atom stereocenters. The van der Waals surface area contributed by atoms with E-state index >= 15 is 4.57 Å². The fourth-order valence-electron chi connectivity index (χ4n) is 5.73. The van der Waals surface area contributed by atoms with Gasteiger partial charge in [-0.25, -0.2) is 0 Å². The van der Waals surface area contributed by atoms with Gasteiger partial charge in [-0.05, 0) is 43.4 Å². The number of methoxy groups -OCH3 is 2. The quantitative estimate of drug-likeness (QED) is 0.465. The third kappa shape index (κ3) is 3.94. The fraction of sp³-hybridized carbons (Fsp3) is 0.538. The van der Waals surface area contributed by atoms with Crippen molar-refractivity contribution in [2.75, 3.05) is 14.2 Å². The Morgan fingerprint density at radius 3 is 1.70 bits per heavy atom. The van der Waals surface area contributed by atoms with Gasteiger partial charge in [-0.2, -0.15) is 0 Å². The molecule has 2 aliphatic carbocycles. The average Bonchev–Trinajstić information content (AvgIpc) is 2.84. The van der Waals surface area contributed by atoms with Gasteiger partial charge in [0.15, 0.2) is 0 Å². The molecule has 2 aromatic rings. The number of benzene rings is 2. The Morgan fingerprint density at radius 2 is 1.20 bits per heavy atom. The van der Waals surface area contributed by atoms with Gasteiger partial charge in [-0.3, -0.25) is 0 Å². The van der Waals surface area contributed by atoms with Crippen LogP contribution in [0.5, 0.6) is 11.5 Å². The second-order valence-electron chi connectivity index (χ2n) is 8.85. The third-order valence-electron chi connectivity index (χ3n) is 7.21. The first-order valence-corrected chi connectivity index (χ1v) is 13.4. The fourth-order valence-corrected chi connectivity index (χ4v) is 10.3. The third-order valence-corrected chi connectivity index (χ3v) is 11.6. The molecule has 2 aromatic carbocycles. The van der Waals surface area contributed by atoms with E-state index in [1.807, 2.05) is 18.2 Å². The molecule has 0 saturated heterocycles. The monoisotopic (exact) mass is 426 g/mol. The topological polar surface area (TPSA) is 35.5 Å². The SMILES string of the molecule is COc1cccc(OC)c1-c1ccccc1P(=O)(C1CCCCC1)C1CCCCC1. The Morgan fingerprint density at radius 1 is 0.700 bits per heavy atom. The number of hydrogen-bond donors (Lipinski definition) is 0. The second kappa shape index (κ2) is 9.60. The van der Waals surface area contributed by atoms with Crippen molar-refractivity contribution in [1.82, 2.24) is 0 Å². The maximum Gasteiger partial charge on any atom is 0.130 e. The maximum absolute atomic E-state index is 15.2. The summed E-state index contributed by atoms with van der Waals surface area (Å²) in [5, 5.41) is 1.06. The van der Waals surface area contributed by atoms with Crippen molar-refractivity contribution in [3.63, 3.8) is 0 Å². The van der Waals surface area contributed by atoms with Crippen molar-refractivity contribution in [2.45, 2.75) is 75.5 Å². The van der Waals surface area contributed by atoms with E-state index in [0.29, 0.717) is 11.3 Å². The molecule has 0 aromatic heterocycles. The summed E-state index contributed by atoms with van der Waals surface area (Å²) in [7, 11) is 0.797. The summed E-state index contributed by atoms with van der Waals surface area (Å²) in [6, 6.07) is 14.3. The molecule has 3 nitrogen and oxygen atoms in total. The molecule has 0 aliphatic heterocycles. The number of hydrogen-bond acceptors (Lipinski definition) is 3. The molecule has 0 spiro atoms. The minimum Gasteiger partial charge on any atom is -0.496 e. The van der Waals surface area contributed by atoms with Crippen molar-refractivity contribution in [1.29, 1.82) is 0 Å². The van der Waals surface area contributed by atoms with E-state index in [0.717, 1.165) is 53.6 Å². The number of ether oxygens (including phenoxy) is 2. The minimum absolute atomic E-state index is 0.316. The van der Waals surface area contributed by atoms with Crippen molar-refractivity contribution in [2.24, 2.45) is 0 Å². The van der Waals surface area contributed by atoms with E-state index in [-0.39, 0.29) is 0 Å². The summed E-state index contributed by atoms with van der Waals surface area (Å²) in [5.74, 6) is 1.56. The van der Waals surface area contributed by atoms with Gasteiger partial charge in [0.25, 0.3) is 0 Å². The summed E-state index contributed by atoms with van der Waals surface area (Å²) in [5.41, 5.74) is 2.60. The summed E-state index contributed by atoms with van der Waals surface area (Å²) < 4.78 is 26.7. The van der Waals surface area contributed by atoms with Gasteiger partial charge in [-0.15, -0.1) is 0 Å². The zero-order valence-corrected chi connectivity index (χ0v) is 19.3. The molecular weight excluding hydrogens is 391 g/mol. The van der Waals surface area contributed by atoms with Gasteiger partial charge in [0, 0.05) is 16.6 Å². The first-order valence-electron chi connectivity index (χ1n) is 11.6. The van der Waals surface area contributed by atoms with Crippen LogP contribution in [0.1, 0.15) is 64.2 Å². The molecule has 0 amide bonds. The van der Waals surface area contributed by atoms with Crippen LogP contribution in [0.4, 0.5) is 0 Å². The Bertz CT molecular complexity index is 851. The van der Waals surface area contributed by atoms with Crippen LogP contribution in [0.2, 0.25) is 0 Å². The van der Waals surface area contributed by atoms with Crippen LogP contribution in [0, 0.1) is 0 Å². The lowest BCUT2D eigenvalue weighted by atomic mass is 9.99. The molecule has 0 radical (unpaired) electrons. The Labute approximate surface area is 181 Å². The molecule has 0 N–H and O–H groups in total. The summed E-state index contributed by atoms with van der Waals surface area (Å²) in [6.07, 6.45) is 11.8. The van der Waals surface area contributed by atoms with Gasteiger partial charge in [0.2, 0.25) is 0 Å². The first kappa shape index (κ1) is 21.5. The van der Waals surface area contributed by atoms with Crippen LogP contribution in [-0.2, 0) is 4.57 Å². The van der Waals surface area contributed by atoms with Crippen LogP contribution in [0.3, 0.4) is 0 Å². The van der Waals surface area contributed by atoms with Gasteiger partial charge >= 0.3 is 0 Å². The molecule has 162 valence electrons. The van der Waals surface area contributed by atoms with Crippen LogP contribution < -0.4 is 14.8 Å². The first-order chi connectivity index (χ1) is 14.7. The minimum atomic E-state index is -2.60. The molecule has 2 saturated carbocycles. The highest BCUT2D eigenvalue weighted by Gasteiger charge is 2.44. The Kier molecular flexibility index (Phi) is 6.88. The van der Waals surface area contributed by atoms with Crippen molar-refractivity contribution >= 4 is 12.4 Å². The van der Waals surface area contributed by atoms with Gasteiger partial charge in [0.1, 0.15) is 18.6 Å². The maximum atomic E-state index is 15.2. The van der Waals surface area contributed by atoms with Crippen molar-refractivity contribution in [3.8, 4) is 22.6 Å².